The molecule has 1 aliphatic rings. The zero-order chi connectivity index (χ0) is 18.2. The Morgan fingerprint density at radius 3 is 2.78 bits per heavy atom. The summed E-state index contributed by atoms with van der Waals surface area (Å²) in [6, 6.07) is 15.7. The molecule has 2 aromatic heterocycles. The van der Waals surface area contributed by atoms with Crippen LogP contribution < -0.4 is 14.9 Å². The van der Waals surface area contributed by atoms with E-state index in [1.54, 1.807) is 12.4 Å². The highest BCUT2D eigenvalue weighted by atomic mass is 16.7. The lowest BCUT2D eigenvalue weighted by Crippen LogP contribution is -1.95. The van der Waals surface area contributed by atoms with Gasteiger partial charge in [-0.05, 0) is 31.2 Å². The number of aryl methyl sites for hydroxylation is 1. The summed E-state index contributed by atoms with van der Waals surface area (Å²) < 4.78 is 10.9. The quantitative estimate of drug-likeness (QED) is 0.439. The van der Waals surface area contributed by atoms with Crippen LogP contribution in [0.2, 0.25) is 0 Å². The maximum atomic E-state index is 5.49. The first-order valence-electron chi connectivity index (χ1n) is 8.62. The molecule has 2 aromatic carbocycles. The highest BCUT2D eigenvalue weighted by Crippen LogP contribution is 2.38. The molecule has 5 rings (SSSR count). The van der Waals surface area contributed by atoms with Crippen molar-refractivity contribution in [1.29, 1.82) is 0 Å². The molecule has 0 spiro atoms. The normalized spacial score (nSPS) is 12.9. The Balaban J connectivity index is 1.52. The minimum atomic E-state index is 0.237. The van der Waals surface area contributed by atoms with Gasteiger partial charge in [0.2, 0.25) is 6.79 Å². The van der Waals surface area contributed by atoms with Crippen molar-refractivity contribution in [3.05, 3.63) is 66.0 Å². The molecule has 6 nitrogen and oxygen atoms in total. The molecule has 0 saturated carbocycles. The van der Waals surface area contributed by atoms with Gasteiger partial charge in [-0.15, -0.1) is 0 Å². The third-order valence-corrected chi connectivity index (χ3v) is 4.50. The van der Waals surface area contributed by atoms with Crippen LogP contribution in [0.25, 0.3) is 21.8 Å². The first-order valence-corrected chi connectivity index (χ1v) is 8.62. The molecule has 0 fully saturated rings. The van der Waals surface area contributed by atoms with E-state index in [9.17, 15) is 0 Å². The number of benzene rings is 2. The average molecular weight is 356 g/mol. The Bertz CT molecular complexity index is 1200. The van der Waals surface area contributed by atoms with Gasteiger partial charge in [-0.3, -0.25) is 15.4 Å². The van der Waals surface area contributed by atoms with Gasteiger partial charge in [0.25, 0.3) is 0 Å². The number of hydrogen-bond acceptors (Lipinski definition) is 6. The van der Waals surface area contributed by atoms with Gasteiger partial charge in [0.1, 0.15) is 0 Å². The number of hydrazone groups is 1. The summed E-state index contributed by atoms with van der Waals surface area (Å²) >= 11 is 0. The smallest absolute Gasteiger partial charge is 0.231 e. The molecule has 3 heterocycles. The summed E-state index contributed by atoms with van der Waals surface area (Å²) in [7, 11) is 0. The van der Waals surface area contributed by atoms with Gasteiger partial charge in [-0.1, -0.05) is 18.2 Å². The largest absolute Gasteiger partial charge is 0.454 e. The molecule has 0 unspecified atom stereocenters. The van der Waals surface area contributed by atoms with Crippen LogP contribution in [0.4, 0.5) is 5.69 Å². The summed E-state index contributed by atoms with van der Waals surface area (Å²) in [4.78, 5) is 8.96. The molecule has 0 amide bonds. The summed E-state index contributed by atoms with van der Waals surface area (Å²) in [6.45, 7) is 2.19. The van der Waals surface area contributed by atoms with Gasteiger partial charge in [0, 0.05) is 34.3 Å². The minimum absolute atomic E-state index is 0.237. The molecular weight excluding hydrogens is 340 g/mol. The monoisotopic (exact) mass is 356 g/mol. The van der Waals surface area contributed by atoms with E-state index in [4.69, 9.17) is 9.47 Å². The van der Waals surface area contributed by atoms with Gasteiger partial charge >= 0.3 is 0 Å². The van der Waals surface area contributed by atoms with Crippen molar-refractivity contribution in [3.8, 4) is 11.5 Å². The van der Waals surface area contributed by atoms with Crippen molar-refractivity contribution < 1.29 is 9.47 Å². The standard InChI is InChI=1S/C21H16N4O2/c1-13-8-19(16-9-20-21(27-12-26-20)10-18(16)24-13)25-23-11-14-6-7-22-17-5-3-2-4-15(14)17/h2-11H,12H2,1H3,(H,24,25). The Kier molecular flexibility index (Phi) is 3.60. The second-order valence-corrected chi connectivity index (χ2v) is 6.32. The van der Waals surface area contributed by atoms with Crippen molar-refractivity contribution in [1.82, 2.24) is 9.97 Å². The Morgan fingerprint density at radius 1 is 1.00 bits per heavy atom. The third kappa shape index (κ3) is 2.81. The van der Waals surface area contributed by atoms with Crippen LogP contribution in [-0.2, 0) is 0 Å². The number of pyridine rings is 2. The molecule has 0 radical (unpaired) electrons. The fourth-order valence-electron chi connectivity index (χ4n) is 3.24. The fraction of sp³-hybridized carbons (Fsp3) is 0.0952. The molecular formula is C21H16N4O2. The van der Waals surface area contributed by atoms with Gasteiger partial charge in [-0.25, -0.2) is 0 Å². The summed E-state index contributed by atoms with van der Waals surface area (Å²) in [5.74, 6) is 1.44. The zero-order valence-corrected chi connectivity index (χ0v) is 14.6. The van der Waals surface area contributed by atoms with E-state index in [-0.39, 0.29) is 6.79 Å². The van der Waals surface area contributed by atoms with Gasteiger partial charge < -0.3 is 9.47 Å². The van der Waals surface area contributed by atoms with E-state index in [1.165, 1.54) is 0 Å². The predicted octanol–water partition coefficient (Wildman–Crippen LogP) is 4.27. The van der Waals surface area contributed by atoms with Crippen molar-refractivity contribution >= 4 is 33.7 Å². The molecule has 4 aromatic rings. The van der Waals surface area contributed by atoms with E-state index in [0.29, 0.717) is 0 Å². The summed E-state index contributed by atoms with van der Waals surface area (Å²) in [5, 5.41) is 6.44. The van der Waals surface area contributed by atoms with Crippen LogP contribution in [0.3, 0.4) is 0 Å². The maximum absolute atomic E-state index is 5.49. The van der Waals surface area contributed by atoms with Crippen LogP contribution in [0, 0.1) is 6.92 Å². The van der Waals surface area contributed by atoms with Crippen LogP contribution >= 0.6 is 0 Å². The van der Waals surface area contributed by atoms with Crippen LogP contribution in [-0.4, -0.2) is 23.0 Å². The topological polar surface area (TPSA) is 68.6 Å². The molecule has 1 N–H and O–H groups in total. The number of fused-ring (bicyclic) bond motifs is 3. The number of para-hydroxylation sites is 1. The average Bonchev–Trinajstić information content (AvgIpc) is 3.14. The van der Waals surface area contributed by atoms with Gasteiger partial charge in [0.05, 0.1) is 22.9 Å². The number of rotatable bonds is 3. The zero-order valence-electron chi connectivity index (χ0n) is 14.6. The number of nitrogens with zero attached hydrogens (tertiary/aromatic N) is 3. The van der Waals surface area contributed by atoms with E-state index in [1.807, 2.05) is 55.5 Å². The summed E-state index contributed by atoms with van der Waals surface area (Å²) in [5.41, 5.74) is 7.69. The van der Waals surface area contributed by atoms with Crippen molar-refractivity contribution in [3.63, 3.8) is 0 Å². The number of hydrogen-bond donors (Lipinski definition) is 1. The molecule has 0 saturated heterocycles. The van der Waals surface area contributed by atoms with Gasteiger partial charge in [-0.2, -0.15) is 5.10 Å². The van der Waals surface area contributed by atoms with E-state index in [2.05, 4.69) is 20.5 Å². The van der Waals surface area contributed by atoms with Gasteiger partial charge in [0.15, 0.2) is 11.5 Å². The predicted molar refractivity (Wildman–Crippen MR) is 106 cm³/mol. The van der Waals surface area contributed by atoms with Crippen molar-refractivity contribution in [2.45, 2.75) is 6.92 Å². The summed E-state index contributed by atoms with van der Waals surface area (Å²) in [6.07, 6.45) is 3.59. The number of ether oxygens (including phenoxy) is 2. The first kappa shape index (κ1) is 15.6. The highest BCUT2D eigenvalue weighted by molar-refractivity contribution is 5.99. The lowest BCUT2D eigenvalue weighted by atomic mass is 10.1. The molecule has 1 aliphatic heterocycles. The number of aromatic nitrogens is 2. The molecule has 6 heteroatoms. The van der Waals surface area contributed by atoms with E-state index >= 15 is 0 Å². The lowest BCUT2D eigenvalue weighted by molar-refractivity contribution is 0.174. The second-order valence-electron chi connectivity index (χ2n) is 6.32. The molecule has 0 bridgehead atoms. The maximum Gasteiger partial charge on any atom is 0.231 e. The molecule has 132 valence electrons. The Morgan fingerprint density at radius 2 is 1.85 bits per heavy atom. The fourth-order valence-corrected chi connectivity index (χ4v) is 3.24. The SMILES string of the molecule is Cc1cc(NN=Cc2ccnc3ccccc23)c2cc3c(cc2n1)OCO3. The van der Waals surface area contributed by atoms with Crippen LogP contribution in [0.1, 0.15) is 11.3 Å². The Hall–Kier alpha value is -3.67. The van der Waals surface area contributed by atoms with Crippen LogP contribution in [0.15, 0.2) is 59.8 Å². The Labute approximate surface area is 155 Å². The van der Waals surface area contributed by atoms with E-state index in [0.717, 1.165) is 50.2 Å². The molecule has 27 heavy (non-hydrogen) atoms. The number of anilines is 1. The van der Waals surface area contributed by atoms with Crippen molar-refractivity contribution in [2.75, 3.05) is 12.2 Å². The van der Waals surface area contributed by atoms with Crippen molar-refractivity contribution in [2.24, 2.45) is 5.10 Å². The highest BCUT2D eigenvalue weighted by Gasteiger charge is 2.16. The first-order chi connectivity index (χ1) is 13.3. The number of nitrogens with one attached hydrogen (secondary N) is 1. The molecule has 0 aliphatic carbocycles. The minimum Gasteiger partial charge on any atom is -0.454 e. The molecule has 0 atom stereocenters. The lowest BCUT2D eigenvalue weighted by Gasteiger charge is -2.08. The van der Waals surface area contributed by atoms with E-state index < -0.39 is 0 Å². The second kappa shape index (κ2) is 6.25. The van der Waals surface area contributed by atoms with Crippen LogP contribution in [0.5, 0.6) is 11.5 Å². The third-order valence-electron chi connectivity index (χ3n) is 4.50.